The number of fused-ring (bicyclic) bond motifs is 1. The summed E-state index contributed by atoms with van der Waals surface area (Å²) in [5.41, 5.74) is -1.08. The van der Waals surface area contributed by atoms with Crippen molar-refractivity contribution < 1.29 is 23.1 Å². The Morgan fingerprint density at radius 1 is 1.42 bits per heavy atom. The molecule has 0 bridgehead atoms. The smallest absolute Gasteiger partial charge is 0.433 e. The van der Waals surface area contributed by atoms with Crippen LogP contribution in [-0.4, -0.2) is 25.7 Å². The van der Waals surface area contributed by atoms with Crippen molar-refractivity contribution in [3.05, 3.63) is 29.2 Å². The molecule has 5 nitrogen and oxygen atoms in total. The predicted octanol–water partition coefficient (Wildman–Crippen LogP) is 2.32. The summed E-state index contributed by atoms with van der Waals surface area (Å²) in [6, 6.07) is 0.780. The number of hydrogen-bond acceptors (Lipinski definition) is 3. The van der Waals surface area contributed by atoms with Crippen LogP contribution in [0.2, 0.25) is 0 Å². The number of aromatic carboxylic acids is 1. The van der Waals surface area contributed by atoms with E-state index < -0.39 is 17.8 Å². The second-order valence-corrected chi connectivity index (χ2v) is 4.40. The molecule has 1 N–H and O–H groups in total. The van der Waals surface area contributed by atoms with Gasteiger partial charge in [0.05, 0.1) is 0 Å². The molecule has 0 unspecified atom stereocenters. The van der Waals surface area contributed by atoms with E-state index in [9.17, 15) is 18.0 Å². The molecule has 19 heavy (non-hydrogen) atoms. The minimum Gasteiger partial charge on any atom is -0.476 e. The van der Waals surface area contributed by atoms with Crippen LogP contribution in [-0.2, 0) is 6.18 Å². The molecule has 2 heterocycles. The summed E-state index contributed by atoms with van der Waals surface area (Å²) >= 11 is 0. The van der Waals surface area contributed by atoms with E-state index in [1.165, 1.54) is 0 Å². The van der Waals surface area contributed by atoms with Crippen molar-refractivity contribution >= 4 is 11.6 Å². The molecule has 0 spiro atoms. The zero-order valence-electron chi connectivity index (χ0n) is 9.48. The van der Waals surface area contributed by atoms with Gasteiger partial charge in [-0.1, -0.05) is 0 Å². The first-order valence-electron chi connectivity index (χ1n) is 5.57. The van der Waals surface area contributed by atoms with E-state index in [4.69, 9.17) is 5.11 Å². The fourth-order valence-electron chi connectivity index (χ4n) is 2.08. The maximum Gasteiger partial charge on any atom is 0.433 e. The van der Waals surface area contributed by atoms with E-state index in [2.05, 4.69) is 10.1 Å². The lowest BCUT2D eigenvalue weighted by Gasteiger charge is -2.07. The monoisotopic (exact) mass is 271 g/mol. The predicted molar refractivity (Wildman–Crippen MR) is 56.9 cm³/mol. The molecule has 0 atom stereocenters. The Labute approximate surface area is 104 Å². The third-order valence-electron chi connectivity index (χ3n) is 3.03. The third kappa shape index (κ3) is 1.83. The number of rotatable bonds is 2. The molecule has 0 radical (unpaired) electrons. The highest BCUT2D eigenvalue weighted by atomic mass is 19.4. The summed E-state index contributed by atoms with van der Waals surface area (Å²) in [4.78, 5) is 15.0. The van der Waals surface area contributed by atoms with E-state index in [0.717, 1.165) is 25.1 Å². The van der Waals surface area contributed by atoms with Crippen molar-refractivity contribution in [3.63, 3.8) is 0 Å². The number of alkyl halides is 3. The topological polar surface area (TPSA) is 67.5 Å². The van der Waals surface area contributed by atoms with Gasteiger partial charge >= 0.3 is 12.1 Å². The summed E-state index contributed by atoms with van der Waals surface area (Å²) in [6.07, 6.45) is -2.08. The van der Waals surface area contributed by atoms with Crippen molar-refractivity contribution in [2.45, 2.75) is 24.9 Å². The summed E-state index contributed by atoms with van der Waals surface area (Å²) in [5, 5.41) is 12.6. The van der Waals surface area contributed by atoms with E-state index in [1.807, 2.05) is 0 Å². The van der Waals surface area contributed by atoms with Gasteiger partial charge in [0.2, 0.25) is 0 Å². The van der Waals surface area contributed by atoms with Crippen LogP contribution < -0.4 is 0 Å². The van der Waals surface area contributed by atoms with Gasteiger partial charge in [0.15, 0.2) is 11.3 Å². The first-order valence-corrected chi connectivity index (χ1v) is 5.57. The molecular formula is C11H8F3N3O2. The molecule has 1 saturated carbocycles. The van der Waals surface area contributed by atoms with Crippen LogP contribution in [0.4, 0.5) is 13.2 Å². The Morgan fingerprint density at radius 3 is 2.63 bits per heavy atom. The number of carboxylic acids is 1. The molecule has 1 fully saturated rings. The molecule has 3 rings (SSSR count). The molecule has 0 aliphatic heterocycles. The highest BCUT2D eigenvalue weighted by molar-refractivity contribution is 5.90. The van der Waals surface area contributed by atoms with Crippen LogP contribution in [0.3, 0.4) is 0 Å². The van der Waals surface area contributed by atoms with E-state index >= 15 is 0 Å². The highest BCUT2D eigenvalue weighted by Crippen LogP contribution is 2.44. The minimum absolute atomic E-state index is 0.0188. The fourth-order valence-corrected chi connectivity index (χ4v) is 2.08. The lowest BCUT2D eigenvalue weighted by molar-refractivity contribution is -0.142. The van der Waals surface area contributed by atoms with E-state index in [1.54, 1.807) is 0 Å². The van der Waals surface area contributed by atoms with Gasteiger partial charge in [-0.2, -0.15) is 18.3 Å². The van der Waals surface area contributed by atoms with Gasteiger partial charge in [0.25, 0.3) is 0 Å². The average molecular weight is 271 g/mol. The summed E-state index contributed by atoms with van der Waals surface area (Å²) < 4.78 is 39.1. The van der Waals surface area contributed by atoms with Crippen LogP contribution in [0.5, 0.6) is 0 Å². The Kier molecular flexibility index (Phi) is 2.32. The first kappa shape index (κ1) is 11.9. The quantitative estimate of drug-likeness (QED) is 0.910. The first-order chi connectivity index (χ1) is 8.89. The Hall–Kier alpha value is -2.12. The number of hydrogen-bond donors (Lipinski definition) is 1. The van der Waals surface area contributed by atoms with Crippen LogP contribution >= 0.6 is 0 Å². The SMILES string of the molecule is O=C(O)c1nn2c(C(F)(F)F)ccnc2c1C1CC1. The van der Waals surface area contributed by atoms with Gasteiger partial charge < -0.3 is 5.11 Å². The largest absolute Gasteiger partial charge is 0.476 e. The van der Waals surface area contributed by atoms with Crippen molar-refractivity contribution in [2.75, 3.05) is 0 Å². The number of nitrogens with zero attached hydrogens (tertiary/aromatic N) is 3. The second kappa shape index (κ2) is 3.69. The lowest BCUT2D eigenvalue weighted by atomic mass is 10.1. The molecule has 2 aromatic rings. The summed E-state index contributed by atoms with van der Waals surface area (Å²) in [6.45, 7) is 0. The third-order valence-corrected chi connectivity index (χ3v) is 3.03. The molecule has 1 aliphatic carbocycles. The molecule has 8 heteroatoms. The van der Waals surface area contributed by atoms with Gasteiger partial charge in [0, 0.05) is 11.8 Å². The summed E-state index contributed by atoms with van der Waals surface area (Å²) in [7, 11) is 0. The highest BCUT2D eigenvalue weighted by Gasteiger charge is 2.38. The Morgan fingerprint density at radius 2 is 2.11 bits per heavy atom. The molecule has 1 aliphatic rings. The zero-order chi connectivity index (χ0) is 13.8. The van der Waals surface area contributed by atoms with Crippen LogP contribution in [0, 0.1) is 0 Å². The van der Waals surface area contributed by atoms with Crippen LogP contribution in [0.15, 0.2) is 12.3 Å². The maximum atomic E-state index is 12.8. The molecule has 100 valence electrons. The fraction of sp³-hybridized carbons (Fsp3) is 0.364. The molecule has 0 saturated heterocycles. The number of carbonyl (C=O) groups is 1. The Balaban J connectivity index is 2.34. The van der Waals surface area contributed by atoms with Gasteiger partial charge in [-0.25, -0.2) is 14.3 Å². The van der Waals surface area contributed by atoms with Gasteiger partial charge in [-0.3, -0.25) is 0 Å². The standard InChI is InChI=1S/C11H8F3N3O2/c12-11(13,14)6-3-4-15-9-7(5-1-2-5)8(10(18)19)16-17(6)9/h3-5H,1-2H2,(H,18,19). The normalized spacial score (nSPS) is 15.9. The van der Waals surface area contributed by atoms with Crippen molar-refractivity contribution in [1.29, 1.82) is 0 Å². The van der Waals surface area contributed by atoms with E-state index in [0.29, 0.717) is 10.1 Å². The Bertz CT molecular complexity index is 674. The molecular weight excluding hydrogens is 263 g/mol. The van der Waals surface area contributed by atoms with Gasteiger partial charge in [-0.15, -0.1) is 0 Å². The van der Waals surface area contributed by atoms with Crippen molar-refractivity contribution in [2.24, 2.45) is 0 Å². The number of aromatic nitrogens is 3. The number of halogens is 3. The van der Waals surface area contributed by atoms with Crippen LogP contribution in [0.1, 0.15) is 40.5 Å². The number of carboxylic acid groups (broad SMARTS) is 1. The maximum absolute atomic E-state index is 12.8. The van der Waals surface area contributed by atoms with Gasteiger partial charge in [0.1, 0.15) is 5.69 Å². The zero-order valence-corrected chi connectivity index (χ0v) is 9.48. The minimum atomic E-state index is -4.61. The van der Waals surface area contributed by atoms with Gasteiger partial charge in [-0.05, 0) is 24.8 Å². The second-order valence-electron chi connectivity index (χ2n) is 4.40. The lowest BCUT2D eigenvalue weighted by Crippen LogP contribution is -2.13. The molecule has 0 aromatic carbocycles. The van der Waals surface area contributed by atoms with Crippen molar-refractivity contribution in [1.82, 2.24) is 14.6 Å². The van der Waals surface area contributed by atoms with Crippen molar-refractivity contribution in [3.8, 4) is 0 Å². The molecule has 2 aromatic heterocycles. The van der Waals surface area contributed by atoms with Crippen LogP contribution in [0.25, 0.3) is 5.65 Å². The molecule has 0 amide bonds. The summed E-state index contributed by atoms with van der Waals surface area (Å²) in [5.74, 6) is -1.39. The average Bonchev–Trinajstić information content (AvgIpc) is 3.06. The van der Waals surface area contributed by atoms with E-state index in [-0.39, 0.29) is 17.3 Å².